The molecule has 0 rings (SSSR count). The summed E-state index contributed by atoms with van der Waals surface area (Å²) in [5, 5.41) is 0. The van der Waals surface area contributed by atoms with Crippen LogP contribution in [0.25, 0.3) is 0 Å². The fourth-order valence-corrected chi connectivity index (χ4v) is 0.755. The van der Waals surface area contributed by atoms with E-state index in [9.17, 15) is 4.79 Å². The summed E-state index contributed by atoms with van der Waals surface area (Å²) in [5.41, 5.74) is 5.45. The number of esters is 1. The van der Waals surface area contributed by atoms with Crippen molar-refractivity contribution in [2.75, 3.05) is 7.11 Å². The molecule has 0 aliphatic heterocycles. The smallest absolute Gasteiger partial charge is 0.322 e. The van der Waals surface area contributed by atoms with Crippen LogP contribution in [0.1, 0.15) is 20.3 Å². The van der Waals surface area contributed by atoms with Gasteiger partial charge in [0.15, 0.2) is 0 Å². The Kier molecular flexibility index (Phi) is 7.79. The van der Waals surface area contributed by atoms with Crippen LogP contribution in [0, 0.1) is 5.92 Å². The van der Waals surface area contributed by atoms with E-state index in [1.165, 1.54) is 7.11 Å². The molecule has 0 fully saturated rings. The number of carbonyl (C=O) groups is 1. The van der Waals surface area contributed by atoms with Crippen molar-refractivity contribution < 1.29 is 21.9 Å². The Morgan fingerprint density at radius 1 is 1.55 bits per heavy atom. The molecular formula is C7H15ClNO2-. The molecule has 0 amide bonds. The standard InChI is InChI=1S/C7H15NO2.ClH/c1-5(2)4-6(8)7(9)10-3;/h5-6H,4,8H2,1-3H3;1H/p-1. The molecule has 0 bridgehead atoms. The molecule has 0 aliphatic carbocycles. The Morgan fingerprint density at radius 2 is 2.00 bits per heavy atom. The average Bonchev–Trinajstić information content (AvgIpc) is 1.85. The van der Waals surface area contributed by atoms with Crippen LogP contribution in [0.2, 0.25) is 0 Å². The third-order valence-electron chi connectivity index (χ3n) is 1.23. The predicted octanol–water partition coefficient (Wildman–Crippen LogP) is -2.46. The number of ether oxygens (including phenoxy) is 1. The summed E-state index contributed by atoms with van der Waals surface area (Å²) in [6, 6.07) is -0.454. The molecule has 68 valence electrons. The maximum atomic E-state index is 10.7. The molecule has 0 aromatic heterocycles. The maximum absolute atomic E-state index is 10.7. The molecule has 0 aromatic rings. The van der Waals surface area contributed by atoms with Gasteiger partial charge in [0.05, 0.1) is 7.11 Å². The van der Waals surface area contributed by atoms with Crippen LogP contribution in [0.5, 0.6) is 0 Å². The Morgan fingerprint density at radius 3 is 2.27 bits per heavy atom. The van der Waals surface area contributed by atoms with Crippen molar-refractivity contribution in [1.29, 1.82) is 0 Å². The van der Waals surface area contributed by atoms with E-state index < -0.39 is 6.04 Å². The molecule has 3 nitrogen and oxygen atoms in total. The van der Waals surface area contributed by atoms with Gasteiger partial charge in [-0.2, -0.15) is 0 Å². The van der Waals surface area contributed by atoms with Gasteiger partial charge in [0.1, 0.15) is 6.04 Å². The third-order valence-corrected chi connectivity index (χ3v) is 1.23. The topological polar surface area (TPSA) is 52.3 Å². The van der Waals surface area contributed by atoms with Crippen molar-refractivity contribution in [3.05, 3.63) is 0 Å². The van der Waals surface area contributed by atoms with Crippen molar-refractivity contribution >= 4 is 5.97 Å². The number of rotatable bonds is 3. The van der Waals surface area contributed by atoms with E-state index in [1.54, 1.807) is 0 Å². The van der Waals surface area contributed by atoms with Gasteiger partial charge in [-0.3, -0.25) is 4.79 Å². The van der Waals surface area contributed by atoms with E-state index in [1.807, 2.05) is 13.8 Å². The molecule has 1 unspecified atom stereocenters. The number of hydrogen-bond acceptors (Lipinski definition) is 3. The summed E-state index contributed by atoms with van der Waals surface area (Å²) < 4.78 is 4.45. The molecule has 11 heavy (non-hydrogen) atoms. The van der Waals surface area contributed by atoms with Crippen molar-refractivity contribution in [3.8, 4) is 0 Å². The van der Waals surface area contributed by atoms with Crippen LogP contribution >= 0.6 is 0 Å². The second-order valence-electron chi connectivity index (χ2n) is 2.76. The molecule has 4 heteroatoms. The monoisotopic (exact) mass is 180 g/mol. The van der Waals surface area contributed by atoms with Crippen molar-refractivity contribution in [2.45, 2.75) is 26.3 Å². The van der Waals surface area contributed by atoms with Crippen LogP contribution in [0.3, 0.4) is 0 Å². The van der Waals surface area contributed by atoms with Crippen molar-refractivity contribution in [3.63, 3.8) is 0 Å². The Hall–Kier alpha value is -0.280. The summed E-state index contributed by atoms with van der Waals surface area (Å²) in [6.07, 6.45) is 0.687. The number of carbonyl (C=O) groups excluding carboxylic acids is 1. The third kappa shape index (κ3) is 6.13. The van der Waals surface area contributed by atoms with E-state index in [2.05, 4.69) is 4.74 Å². The number of nitrogens with two attached hydrogens (primary N) is 1. The summed E-state index contributed by atoms with van der Waals surface area (Å²) >= 11 is 0. The summed E-state index contributed by atoms with van der Waals surface area (Å²) in [7, 11) is 1.35. The SMILES string of the molecule is COC(=O)C(N)CC(C)C.[Cl-]. The zero-order valence-electron chi connectivity index (χ0n) is 7.13. The first-order chi connectivity index (χ1) is 4.57. The van der Waals surface area contributed by atoms with Gasteiger partial charge in [-0.25, -0.2) is 0 Å². The summed E-state index contributed by atoms with van der Waals surface area (Å²) in [5.74, 6) is 0.114. The lowest BCUT2D eigenvalue weighted by Gasteiger charge is -2.10. The largest absolute Gasteiger partial charge is 1.00 e. The lowest BCUT2D eigenvalue weighted by molar-refractivity contribution is -0.142. The molecule has 0 aromatic carbocycles. The minimum atomic E-state index is -0.454. The molecule has 0 spiro atoms. The number of halogens is 1. The zero-order valence-corrected chi connectivity index (χ0v) is 7.89. The van der Waals surface area contributed by atoms with E-state index in [0.717, 1.165) is 0 Å². The van der Waals surface area contributed by atoms with Gasteiger partial charge in [0.2, 0.25) is 0 Å². The Balaban J connectivity index is 0. The molecule has 0 heterocycles. The molecule has 2 N–H and O–H groups in total. The molecular weight excluding hydrogens is 166 g/mol. The molecule has 1 atom stereocenters. The lowest BCUT2D eigenvalue weighted by atomic mass is 10.1. The predicted molar refractivity (Wildman–Crippen MR) is 39.4 cm³/mol. The van der Waals surface area contributed by atoms with Crippen LogP contribution in [0.15, 0.2) is 0 Å². The van der Waals surface area contributed by atoms with Gasteiger partial charge in [-0.1, -0.05) is 13.8 Å². The normalized spacial score (nSPS) is 12.1. The number of hydrogen-bond donors (Lipinski definition) is 1. The molecule has 0 saturated heterocycles. The molecule has 0 radical (unpaired) electrons. The van der Waals surface area contributed by atoms with Gasteiger partial charge < -0.3 is 22.9 Å². The Labute approximate surface area is 73.7 Å². The highest BCUT2D eigenvalue weighted by atomic mass is 35.5. The summed E-state index contributed by atoms with van der Waals surface area (Å²) in [6.45, 7) is 4.03. The van der Waals surface area contributed by atoms with Gasteiger partial charge in [-0.05, 0) is 12.3 Å². The first-order valence-corrected chi connectivity index (χ1v) is 3.41. The van der Waals surface area contributed by atoms with Gasteiger partial charge >= 0.3 is 5.97 Å². The van der Waals surface area contributed by atoms with Crippen molar-refractivity contribution in [2.24, 2.45) is 11.7 Å². The highest BCUT2D eigenvalue weighted by Crippen LogP contribution is 2.02. The maximum Gasteiger partial charge on any atom is 0.322 e. The second kappa shape index (κ2) is 6.43. The second-order valence-corrected chi connectivity index (χ2v) is 2.76. The van der Waals surface area contributed by atoms with Gasteiger partial charge in [0.25, 0.3) is 0 Å². The zero-order chi connectivity index (χ0) is 8.15. The molecule has 0 aliphatic rings. The fraction of sp³-hybridized carbons (Fsp3) is 0.857. The van der Waals surface area contributed by atoms with E-state index in [-0.39, 0.29) is 18.4 Å². The highest BCUT2D eigenvalue weighted by molar-refractivity contribution is 5.75. The van der Waals surface area contributed by atoms with E-state index in [4.69, 9.17) is 5.73 Å². The summed E-state index contributed by atoms with van der Waals surface area (Å²) in [4.78, 5) is 10.7. The van der Waals surface area contributed by atoms with E-state index >= 15 is 0 Å². The molecule has 0 saturated carbocycles. The first kappa shape index (κ1) is 13.3. The average molecular weight is 181 g/mol. The quantitative estimate of drug-likeness (QED) is 0.490. The van der Waals surface area contributed by atoms with Gasteiger partial charge in [0, 0.05) is 0 Å². The van der Waals surface area contributed by atoms with Gasteiger partial charge in [-0.15, -0.1) is 0 Å². The van der Waals surface area contributed by atoms with E-state index in [0.29, 0.717) is 12.3 Å². The first-order valence-electron chi connectivity index (χ1n) is 3.41. The van der Waals surface area contributed by atoms with Crippen molar-refractivity contribution in [1.82, 2.24) is 0 Å². The fourth-order valence-electron chi connectivity index (χ4n) is 0.755. The van der Waals surface area contributed by atoms with Crippen LogP contribution < -0.4 is 18.1 Å². The minimum Gasteiger partial charge on any atom is -1.00 e. The van der Waals surface area contributed by atoms with Crippen LogP contribution in [-0.2, 0) is 9.53 Å². The minimum absolute atomic E-state index is 0. The highest BCUT2D eigenvalue weighted by Gasteiger charge is 2.14. The lowest BCUT2D eigenvalue weighted by Crippen LogP contribution is -3.00. The Bertz CT molecular complexity index is 117. The number of methoxy groups -OCH3 is 1. The van der Waals surface area contributed by atoms with Crippen LogP contribution in [-0.4, -0.2) is 19.1 Å². The van der Waals surface area contributed by atoms with Crippen LogP contribution in [0.4, 0.5) is 0 Å².